The molecule has 1 amide bonds. The lowest BCUT2D eigenvalue weighted by Gasteiger charge is -1.95. The summed E-state index contributed by atoms with van der Waals surface area (Å²) in [6.07, 6.45) is 3.51. The summed E-state index contributed by atoms with van der Waals surface area (Å²) >= 11 is 0. The van der Waals surface area contributed by atoms with Crippen LogP contribution >= 0.6 is 0 Å². The Labute approximate surface area is 98.4 Å². The first-order chi connectivity index (χ1) is 8.24. The number of aryl methyl sites for hydroxylation is 1. The number of aromatic nitrogens is 2. The molecule has 2 N–H and O–H groups in total. The van der Waals surface area contributed by atoms with Crippen LogP contribution in [0.2, 0.25) is 0 Å². The minimum atomic E-state index is -0.0831. The highest BCUT2D eigenvalue weighted by atomic mass is 16.2. The van der Waals surface area contributed by atoms with E-state index in [1.807, 2.05) is 31.2 Å². The molecule has 1 aromatic carbocycles. The third kappa shape index (κ3) is 1.63. The highest BCUT2D eigenvalue weighted by Crippen LogP contribution is 2.32. The van der Waals surface area contributed by atoms with Gasteiger partial charge in [0.05, 0.1) is 5.57 Å². The zero-order valence-electron chi connectivity index (χ0n) is 9.32. The lowest BCUT2D eigenvalue weighted by atomic mass is 10.1. The van der Waals surface area contributed by atoms with Crippen molar-refractivity contribution in [2.24, 2.45) is 0 Å². The van der Waals surface area contributed by atoms with Gasteiger partial charge in [0.25, 0.3) is 5.91 Å². The lowest BCUT2D eigenvalue weighted by molar-refractivity contribution is -0.110. The maximum absolute atomic E-state index is 11.8. The second-order valence-electron chi connectivity index (χ2n) is 4.01. The second-order valence-corrected chi connectivity index (χ2v) is 4.01. The molecule has 3 rings (SSSR count). The number of benzene rings is 1. The molecule has 0 bridgehead atoms. The standard InChI is InChI=1S/C13H11N3O/c1-8-7-14-12(15-8)6-10-9-4-2-3-5-11(9)16-13(10)17/h2-7H,1H3,(H,14,15)(H,16,17). The van der Waals surface area contributed by atoms with Gasteiger partial charge in [0.2, 0.25) is 0 Å². The van der Waals surface area contributed by atoms with Crippen LogP contribution in [0.25, 0.3) is 11.6 Å². The van der Waals surface area contributed by atoms with Gasteiger partial charge in [-0.1, -0.05) is 18.2 Å². The topological polar surface area (TPSA) is 57.8 Å². The molecule has 0 unspecified atom stereocenters. The molecule has 0 fully saturated rings. The molecule has 4 heteroatoms. The van der Waals surface area contributed by atoms with Gasteiger partial charge in [-0.3, -0.25) is 4.79 Å². The van der Waals surface area contributed by atoms with E-state index in [2.05, 4.69) is 15.3 Å². The maximum atomic E-state index is 11.8. The summed E-state index contributed by atoms with van der Waals surface area (Å²) < 4.78 is 0. The van der Waals surface area contributed by atoms with Gasteiger partial charge in [-0.2, -0.15) is 0 Å². The fourth-order valence-electron chi connectivity index (χ4n) is 1.93. The van der Waals surface area contributed by atoms with E-state index in [0.717, 1.165) is 16.9 Å². The number of carbonyl (C=O) groups is 1. The van der Waals surface area contributed by atoms with Crippen molar-refractivity contribution in [3.05, 3.63) is 47.5 Å². The van der Waals surface area contributed by atoms with E-state index in [0.29, 0.717) is 11.4 Å². The summed E-state index contributed by atoms with van der Waals surface area (Å²) in [6, 6.07) is 7.63. The summed E-state index contributed by atoms with van der Waals surface area (Å²) in [5.41, 5.74) is 3.40. The zero-order chi connectivity index (χ0) is 11.8. The molecule has 84 valence electrons. The van der Waals surface area contributed by atoms with Gasteiger partial charge in [0.15, 0.2) is 0 Å². The van der Waals surface area contributed by atoms with Crippen LogP contribution in [-0.4, -0.2) is 15.9 Å². The fraction of sp³-hybridized carbons (Fsp3) is 0.0769. The Morgan fingerprint density at radius 2 is 2.12 bits per heavy atom. The smallest absolute Gasteiger partial charge is 0.256 e. The predicted octanol–water partition coefficient (Wildman–Crippen LogP) is 2.21. The van der Waals surface area contributed by atoms with E-state index in [-0.39, 0.29) is 5.91 Å². The molecule has 0 spiro atoms. The van der Waals surface area contributed by atoms with Gasteiger partial charge < -0.3 is 10.3 Å². The van der Waals surface area contributed by atoms with Crippen molar-refractivity contribution in [3.63, 3.8) is 0 Å². The number of carbonyl (C=O) groups excluding carboxylic acids is 1. The first-order valence-electron chi connectivity index (χ1n) is 5.38. The summed E-state index contributed by atoms with van der Waals surface area (Å²) in [7, 11) is 0. The third-order valence-electron chi connectivity index (χ3n) is 2.71. The summed E-state index contributed by atoms with van der Waals surface area (Å²) in [5.74, 6) is 0.615. The molecule has 0 radical (unpaired) electrons. The number of aromatic amines is 1. The van der Waals surface area contributed by atoms with Crippen molar-refractivity contribution in [1.29, 1.82) is 0 Å². The Morgan fingerprint density at radius 1 is 1.29 bits per heavy atom. The average Bonchev–Trinajstić information content (AvgIpc) is 2.85. The minimum Gasteiger partial charge on any atom is -0.343 e. The molecule has 1 aliphatic rings. The number of nitrogens with one attached hydrogen (secondary N) is 2. The molecule has 0 saturated carbocycles. The Hall–Kier alpha value is -2.36. The largest absolute Gasteiger partial charge is 0.343 e. The molecule has 1 aliphatic heterocycles. The van der Waals surface area contributed by atoms with Crippen molar-refractivity contribution < 1.29 is 4.79 Å². The normalized spacial score (nSPS) is 16.1. The summed E-state index contributed by atoms with van der Waals surface area (Å²) in [5, 5.41) is 2.83. The number of amides is 1. The van der Waals surface area contributed by atoms with Crippen LogP contribution in [0.5, 0.6) is 0 Å². The predicted molar refractivity (Wildman–Crippen MR) is 66.3 cm³/mol. The number of para-hydroxylation sites is 1. The van der Waals surface area contributed by atoms with Crippen LogP contribution in [-0.2, 0) is 4.79 Å². The van der Waals surface area contributed by atoms with Crippen LogP contribution < -0.4 is 5.32 Å². The van der Waals surface area contributed by atoms with E-state index in [4.69, 9.17) is 0 Å². The van der Waals surface area contributed by atoms with Gasteiger partial charge in [0, 0.05) is 23.1 Å². The van der Waals surface area contributed by atoms with Crippen LogP contribution in [0.3, 0.4) is 0 Å². The molecular weight excluding hydrogens is 214 g/mol. The number of rotatable bonds is 1. The molecule has 0 atom stereocenters. The van der Waals surface area contributed by atoms with Crippen molar-refractivity contribution >= 4 is 23.2 Å². The number of H-pyrrole nitrogens is 1. The summed E-state index contributed by atoms with van der Waals surface area (Å²) in [4.78, 5) is 19.1. The SMILES string of the molecule is Cc1cnc(C=C2C(=O)Nc3ccccc32)[nH]1. The molecule has 2 heterocycles. The molecule has 1 aromatic heterocycles. The van der Waals surface area contributed by atoms with Gasteiger partial charge in [-0.05, 0) is 19.1 Å². The van der Waals surface area contributed by atoms with Crippen LogP contribution in [0, 0.1) is 6.92 Å². The van der Waals surface area contributed by atoms with E-state index in [1.54, 1.807) is 12.3 Å². The zero-order valence-corrected chi connectivity index (χ0v) is 9.32. The minimum absolute atomic E-state index is 0.0831. The third-order valence-corrected chi connectivity index (χ3v) is 2.71. The van der Waals surface area contributed by atoms with Crippen molar-refractivity contribution in [3.8, 4) is 0 Å². The Kier molecular flexibility index (Phi) is 2.08. The highest BCUT2D eigenvalue weighted by molar-refractivity contribution is 6.34. The second kappa shape index (κ2) is 3.59. The highest BCUT2D eigenvalue weighted by Gasteiger charge is 2.23. The van der Waals surface area contributed by atoms with Crippen LogP contribution in [0.15, 0.2) is 30.5 Å². The first-order valence-corrected chi connectivity index (χ1v) is 5.38. The van der Waals surface area contributed by atoms with Crippen molar-refractivity contribution in [2.45, 2.75) is 6.92 Å². The van der Waals surface area contributed by atoms with Gasteiger partial charge >= 0.3 is 0 Å². The van der Waals surface area contributed by atoms with Gasteiger partial charge in [-0.25, -0.2) is 4.98 Å². The summed E-state index contributed by atoms with van der Waals surface area (Å²) in [6.45, 7) is 1.93. The monoisotopic (exact) mass is 225 g/mol. The van der Waals surface area contributed by atoms with E-state index in [9.17, 15) is 4.79 Å². The Morgan fingerprint density at radius 3 is 2.88 bits per heavy atom. The number of imidazole rings is 1. The average molecular weight is 225 g/mol. The van der Waals surface area contributed by atoms with Crippen molar-refractivity contribution in [1.82, 2.24) is 9.97 Å². The van der Waals surface area contributed by atoms with E-state index < -0.39 is 0 Å². The molecular formula is C13H11N3O. The molecule has 17 heavy (non-hydrogen) atoms. The number of fused-ring (bicyclic) bond motifs is 1. The molecule has 0 saturated heterocycles. The number of anilines is 1. The van der Waals surface area contributed by atoms with Crippen LogP contribution in [0.4, 0.5) is 5.69 Å². The molecule has 4 nitrogen and oxygen atoms in total. The fourth-order valence-corrected chi connectivity index (χ4v) is 1.93. The van der Waals surface area contributed by atoms with E-state index in [1.165, 1.54) is 0 Å². The lowest BCUT2D eigenvalue weighted by Crippen LogP contribution is -2.03. The number of nitrogens with zero attached hydrogens (tertiary/aromatic N) is 1. The van der Waals surface area contributed by atoms with Gasteiger partial charge in [-0.15, -0.1) is 0 Å². The van der Waals surface area contributed by atoms with Crippen molar-refractivity contribution in [2.75, 3.05) is 5.32 Å². The number of hydrogen-bond acceptors (Lipinski definition) is 2. The Bertz CT molecular complexity index is 625. The van der Waals surface area contributed by atoms with Crippen LogP contribution in [0.1, 0.15) is 17.1 Å². The van der Waals surface area contributed by atoms with Gasteiger partial charge in [0.1, 0.15) is 5.82 Å². The maximum Gasteiger partial charge on any atom is 0.256 e. The first kappa shape index (κ1) is 9.84. The van der Waals surface area contributed by atoms with E-state index >= 15 is 0 Å². The quantitative estimate of drug-likeness (QED) is 0.731. The Balaban J connectivity index is 2.09. The number of hydrogen-bond donors (Lipinski definition) is 2. The molecule has 2 aromatic rings. The molecule has 0 aliphatic carbocycles.